The first-order valence-corrected chi connectivity index (χ1v) is 11.6. The lowest BCUT2D eigenvalue weighted by atomic mass is 10.1. The minimum Gasteiger partial charge on any atom is -0.493 e. The van der Waals surface area contributed by atoms with Crippen molar-refractivity contribution in [3.8, 4) is 28.4 Å². The van der Waals surface area contributed by atoms with E-state index in [-0.39, 0.29) is 5.91 Å². The molecule has 0 saturated carbocycles. The number of carbonyl (C=O) groups is 1. The summed E-state index contributed by atoms with van der Waals surface area (Å²) in [5.41, 5.74) is 6.46. The number of ether oxygens (including phenoxy) is 2. The fourth-order valence-corrected chi connectivity index (χ4v) is 4.14. The molecule has 6 nitrogen and oxygen atoms in total. The van der Waals surface area contributed by atoms with Crippen molar-refractivity contribution in [2.45, 2.75) is 20.3 Å². The number of nitrogens with zero attached hydrogens (tertiary/aromatic N) is 3. The van der Waals surface area contributed by atoms with Crippen LogP contribution in [0.4, 0.5) is 0 Å². The molecule has 1 amide bonds. The molecule has 0 aliphatic heterocycles. The summed E-state index contributed by atoms with van der Waals surface area (Å²) < 4.78 is 12.5. The first kappa shape index (κ1) is 24.1. The molecule has 1 aromatic heterocycles. The van der Waals surface area contributed by atoms with Gasteiger partial charge in [0.25, 0.3) is 5.91 Å². The number of rotatable bonds is 8. The van der Waals surface area contributed by atoms with Crippen LogP contribution < -0.4 is 9.47 Å². The van der Waals surface area contributed by atoms with Gasteiger partial charge < -0.3 is 14.4 Å². The summed E-state index contributed by atoms with van der Waals surface area (Å²) in [7, 11) is 5.06. The molecule has 1 heterocycles. The molecule has 0 aliphatic carbocycles. The van der Waals surface area contributed by atoms with Crippen LogP contribution in [0.3, 0.4) is 0 Å². The zero-order chi connectivity index (χ0) is 24.9. The van der Waals surface area contributed by atoms with Gasteiger partial charge in [-0.25, -0.2) is 4.68 Å². The third-order valence-corrected chi connectivity index (χ3v) is 6.11. The highest BCUT2D eigenvalue weighted by molar-refractivity contribution is 5.94. The molecule has 0 atom stereocenters. The molecule has 35 heavy (non-hydrogen) atoms. The topological polar surface area (TPSA) is 56.6 Å². The number of likely N-dealkylation sites (N-methyl/N-ethyl adjacent to an activating group) is 1. The molecule has 0 radical (unpaired) electrons. The van der Waals surface area contributed by atoms with Crippen molar-refractivity contribution in [2.75, 3.05) is 27.8 Å². The number of hydrogen-bond acceptors (Lipinski definition) is 4. The van der Waals surface area contributed by atoms with Gasteiger partial charge in [0.1, 0.15) is 5.69 Å². The number of methoxy groups -OCH3 is 2. The van der Waals surface area contributed by atoms with Crippen molar-refractivity contribution < 1.29 is 14.3 Å². The maximum Gasteiger partial charge on any atom is 0.272 e. The number of aromatic nitrogens is 2. The van der Waals surface area contributed by atoms with E-state index in [0.717, 1.165) is 28.1 Å². The molecule has 0 bridgehead atoms. The second-order valence-electron chi connectivity index (χ2n) is 8.65. The molecule has 0 fully saturated rings. The van der Waals surface area contributed by atoms with E-state index >= 15 is 0 Å². The fraction of sp³-hybridized carbons (Fsp3) is 0.241. The third-order valence-electron chi connectivity index (χ3n) is 6.11. The van der Waals surface area contributed by atoms with Crippen LogP contribution in [0.15, 0.2) is 72.8 Å². The van der Waals surface area contributed by atoms with Gasteiger partial charge in [0.15, 0.2) is 11.5 Å². The van der Waals surface area contributed by atoms with Crippen LogP contribution >= 0.6 is 0 Å². The van der Waals surface area contributed by atoms with Gasteiger partial charge in [-0.15, -0.1) is 0 Å². The zero-order valence-corrected chi connectivity index (χ0v) is 20.9. The van der Waals surface area contributed by atoms with Crippen molar-refractivity contribution in [1.29, 1.82) is 0 Å². The predicted octanol–water partition coefficient (Wildman–Crippen LogP) is 5.49. The minimum absolute atomic E-state index is 0.0832. The Bertz CT molecular complexity index is 1330. The second kappa shape index (κ2) is 10.5. The number of hydrogen-bond donors (Lipinski definition) is 0. The van der Waals surface area contributed by atoms with Crippen molar-refractivity contribution >= 4 is 5.91 Å². The number of benzene rings is 3. The van der Waals surface area contributed by atoms with Crippen LogP contribution in [0.25, 0.3) is 16.9 Å². The van der Waals surface area contributed by atoms with Crippen molar-refractivity contribution in [3.63, 3.8) is 0 Å². The largest absolute Gasteiger partial charge is 0.493 e. The van der Waals surface area contributed by atoms with Gasteiger partial charge in [0, 0.05) is 19.2 Å². The maximum absolute atomic E-state index is 13.6. The molecule has 6 heteroatoms. The Morgan fingerprint density at radius 2 is 1.66 bits per heavy atom. The Labute approximate surface area is 206 Å². The van der Waals surface area contributed by atoms with Gasteiger partial charge in [0.2, 0.25) is 0 Å². The van der Waals surface area contributed by atoms with Crippen molar-refractivity contribution in [2.24, 2.45) is 0 Å². The Kier molecular flexibility index (Phi) is 7.20. The number of amides is 1. The van der Waals surface area contributed by atoms with Gasteiger partial charge in [-0.3, -0.25) is 4.79 Å². The normalized spacial score (nSPS) is 10.8. The van der Waals surface area contributed by atoms with Crippen LogP contribution in [-0.2, 0) is 6.42 Å². The molecule has 0 aliphatic rings. The molecular weight excluding hydrogens is 438 g/mol. The molecular formula is C29H31N3O3. The average molecular weight is 470 g/mol. The summed E-state index contributed by atoms with van der Waals surface area (Å²) in [6, 6.07) is 23.8. The van der Waals surface area contributed by atoms with Gasteiger partial charge in [-0.1, -0.05) is 54.1 Å². The average Bonchev–Trinajstić information content (AvgIpc) is 3.32. The van der Waals surface area contributed by atoms with Crippen LogP contribution in [-0.4, -0.2) is 48.4 Å². The Morgan fingerprint density at radius 1 is 0.914 bits per heavy atom. The first-order valence-electron chi connectivity index (χ1n) is 11.6. The standard InChI is InChI=1S/C29H31N3O3/c1-20-11-13-25(21(2)17-20)32-26(19-24(30-32)23-9-7-6-8-10-23)29(33)31(3)16-15-22-12-14-27(34-4)28(18-22)35-5/h6-14,17-19H,15-16H2,1-5H3. The van der Waals surface area contributed by atoms with E-state index in [0.29, 0.717) is 30.2 Å². The summed E-state index contributed by atoms with van der Waals surface area (Å²) in [5.74, 6) is 1.28. The van der Waals surface area contributed by atoms with Crippen LogP contribution in [0.2, 0.25) is 0 Å². The van der Waals surface area contributed by atoms with Crippen LogP contribution in [0.1, 0.15) is 27.2 Å². The monoisotopic (exact) mass is 469 g/mol. The molecule has 3 aromatic carbocycles. The summed E-state index contributed by atoms with van der Waals surface area (Å²) in [4.78, 5) is 15.4. The van der Waals surface area contributed by atoms with E-state index in [1.165, 1.54) is 5.56 Å². The summed E-state index contributed by atoms with van der Waals surface area (Å²) in [6.45, 7) is 4.65. The lowest BCUT2D eigenvalue weighted by Crippen LogP contribution is -2.30. The van der Waals surface area contributed by atoms with Gasteiger partial charge in [-0.2, -0.15) is 5.10 Å². The highest BCUT2D eigenvalue weighted by atomic mass is 16.5. The minimum atomic E-state index is -0.0832. The Hall–Kier alpha value is -4.06. The predicted molar refractivity (Wildman–Crippen MR) is 139 cm³/mol. The van der Waals surface area contributed by atoms with Gasteiger partial charge in [0.05, 0.1) is 25.6 Å². The van der Waals surface area contributed by atoms with Crippen LogP contribution in [0, 0.1) is 13.8 Å². The Morgan fingerprint density at radius 3 is 2.34 bits per heavy atom. The highest BCUT2D eigenvalue weighted by Gasteiger charge is 2.22. The quantitative estimate of drug-likeness (QED) is 0.343. The van der Waals surface area contributed by atoms with Crippen molar-refractivity contribution in [1.82, 2.24) is 14.7 Å². The van der Waals surface area contributed by atoms with Crippen molar-refractivity contribution in [3.05, 3.63) is 95.2 Å². The van der Waals surface area contributed by atoms with E-state index in [4.69, 9.17) is 14.6 Å². The number of carbonyl (C=O) groups excluding carboxylic acids is 1. The number of aryl methyl sites for hydroxylation is 2. The summed E-state index contributed by atoms with van der Waals surface area (Å²) in [6.07, 6.45) is 0.686. The molecule has 0 N–H and O–H groups in total. The van der Waals surface area contributed by atoms with E-state index in [1.54, 1.807) is 23.8 Å². The molecule has 0 spiro atoms. The Balaban J connectivity index is 1.63. The van der Waals surface area contributed by atoms with Crippen LogP contribution in [0.5, 0.6) is 11.5 Å². The maximum atomic E-state index is 13.6. The van der Waals surface area contributed by atoms with E-state index < -0.39 is 0 Å². The molecule has 0 unspecified atom stereocenters. The summed E-state index contributed by atoms with van der Waals surface area (Å²) >= 11 is 0. The second-order valence-corrected chi connectivity index (χ2v) is 8.65. The van der Waals surface area contributed by atoms with Gasteiger partial charge in [-0.05, 0) is 55.7 Å². The molecule has 4 rings (SSSR count). The zero-order valence-electron chi connectivity index (χ0n) is 20.9. The fourth-order valence-electron chi connectivity index (χ4n) is 4.14. The van der Waals surface area contributed by atoms with E-state index in [9.17, 15) is 4.79 Å². The van der Waals surface area contributed by atoms with E-state index in [2.05, 4.69) is 13.0 Å². The molecule has 180 valence electrons. The first-order chi connectivity index (χ1) is 16.9. The molecule has 4 aromatic rings. The van der Waals surface area contributed by atoms with Gasteiger partial charge >= 0.3 is 0 Å². The lowest BCUT2D eigenvalue weighted by Gasteiger charge is -2.19. The lowest BCUT2D eigenvalue weighted by molar-refractivity contribution is 0.0787. The summed E-state index contributed by atoms with van der Waals surface area (Å²) in [5, 5.41) is 4.84. The smallest absolute Gasteiger partial charge is 0.272 e. The SMILES string of the molecule is COc1ccc(CCN(C)C(=O)c2cc(-c3ccccc3)nn2-c2ccc(C)cc2C)cc1OC. The third kappa shape index (κ3) is 5.22. The van der Waals surface area contributed by atoms with E-state index in [1.807, 2.05) is 80.7 Å². The highest BCUT2D eigenvalue weighted by Crippen LogP contribution is 2.28. The molecule has 0 saturated heterocycles.